The van der Waals surface area contributed by atoms with Crippen molar-refractivity contribution in [2.75, 3.05) is 0 Å². The van der Waals surface area contributed by atoms with Crippen molar-refractivity contribution in [3.05, 3.63) is 41.8 Å². The number of halogens is 1. The summed E-state index contributed by atoms with van der Waals surface area (Å²) >= 11 is 0. The van der Waals surface area contributed by atoms with E-state index in [1.165, 1.54) is 37.6 Å². The van der Waals surface area contributed by atoms with Crippen molar-refractivity contribution in [2.45, 2.75) is 38.1 Å². The zero-order chi connectivity index (χ0) is 14.8. The number of aromatic nitrogens is 2. The van der Waals surface area contributed by atoms with E-state index < -0.39 is 5.91 Å². The van der Waals surface area contributed by atoms with E-state index in [2.05, 4.69) is 5.10 Å². The Morgan fingerprint density at radius 2 is 1.86 bits per heavy atom. The first-order valence-corrected chi connectivity index (χ1v) is 7.30. The SMILES string of the molecule is NC(=O)c1cnn(C2CCCCC2)c1-c1ccc(F)cc1. The van der Waals surface area contributed by atoms with Crippen molar-refractivity contribution in [2.24, 2.45) is 5.73 Å². The summed E-state index contributed by atoms with van der Waals surface area (Å²) in [5.41, 5.74) is 7.33. The summed E-state index contributed by atoms with van der Waals surface area (Å²) < 4.78 is 15.0. The van der Waals surface area contributed by atoms with E-state index in [1.54, 1.807) is 12.1 Å². The van der Waals surface area contributed by atoms with Gasteiger partial charge in [0, 0.05) is 5.56 Å². The fourth-order valence-electron chi connectivity index (χ4n) is 3.04. The predicted octanol–water partition coefficient (Wildman–Crippen LogP) is 3.29. The molecule has 1 aliphatic carbocycles. The summed E-state index contributed by atoms with van der Waals surface area (Å²) in [5.74, 6) is -0.806. The first kappa shape index (κ1) is 13.8. The second-order valence-corrected chi connectivity index (χ2v) is 5.51. The molecule has 0 spiro atoms. The van der Waals surface area contributed by atoms with Crippen LogP contribution in [0.15, 0.2) is 30.5 Å². The van der Waals surface area contributed by atoms with Crippen LogP contribution in [0.25, 0.3) is 11.3 Å². The van der Waals surface area contributed by atoms with Crippen LogP contribution in [0.4, 0.5) is 4.39 Å². The van der Waals surface area contributed by atoms with Crippen LogP contribution < -0.4 is 5.73 Å². The lowest BCUT2D eigenvalue weighted by atomic mass is 9.95. The Bertz CT molecular complexity index is 642. The fraction of sp³-hybridized carbons (Fsp3) is 0.375. The molecule has 1 heterocycles. The second kappa shape index (κ2) is 5.68. The lowest BCUT2D eigenvalue weighted by molar-refractivity contribution is 0.100. The molecule has 3 rings (SSSR count). The van der Waals surface area contributed by atoms with Gasteiger partial charge < -0.3 is 5.73 Å². The summed E-state index contributed by atoms with van der Waals surface area (Å²) in [6.45, 7) is 0. The molecule has 2 aromatic rings. The molecule has 0 unspecified atom stereocenters. The maximum absolute atomic E-state index is 13.1. The Morgan fingerprint density at radius 3 is 2.48 bits per heavy atom. The average molecular weight is 287 g/mol. The van der Waals surface area contributed by atoms with E-state index in [-0.39, 0.29) is 11.9 Å². The molecule has 0 atom stereocenters. The summed E-state index contributed by atoms with van der Waals surface area (Å²) in [7, 11) is 0. The Kier molecular flexibility index (Phi) is 3.73. The summed E-state index contributed by atoms with van der Waals surface area (Å²) in [5, 5.41) is 4.38. The van der Waals surface area contributed by atoms with E-state index in [0.717, 1.165) is 18.4 Å². The van der Waals surface area contributed by atoms with E-state index in [4.69, 9.17) is 5.73 Å². The van der Waals surface area contributed by atoms with Crippen molar-refractivity contribution >= 4 is 5.91 Å². The third-order valence-electron chi connectivity index (χ3n) is 4.10. The highest BCUT2D eigenvalue weighted by molar-refractivity contribution is 5.98. The second-order valence-electron chi connectivity index (χ2n) is 5.51. The Hall–Kier alpha value is -2.17. The normalized spacial score (nSPS) is 16.0. The molecule has 1 saturated carbocycles. The molecule has 5 heteroatoms. The van der Waals surface area contributed by atoms with Crippen LogP contribution in [0.5, 0.6) is 0 Å². The third kappa shape index (κ3) is 2.68. The molecular weight excluding hydrogens is 269 g/mol. The highest BCUT2D eigenvalue weighted by Gasteiger charge is 2.23. The largest absolute Gasteiger partial charge is 0.365 e. The summed E-state index contributed by atoms with van der Waals surface area (Å²) in [6, 6.07) is 6.39. The molecular formula is C16H18FN3O. The first-order valence-electron chi connectivity index (χ1n) is 7.30. The average Bonchev–Trinajstić information content (AvgIpc) is 2.94. The van der Waals surface area contributed by atoms with Gasteiger partial charge in [-0.25, -0.2) is 4.39 Å². The molecule has 2 N–H and O–H groups in total. The molecule has 0 aliphatic heterocycles. The van der Waals surface area contributed by atoms with Crippen LogP contribution >= 0.6 is 0 Å². The number of primary amides is 1. The van der Waals surface area contributed by atoms with Gasteiger partial charge in [0.25, 0.3) is 5.91 Å². The van der Waals surface area contributed by atoms with Crippen molar-refractivity contribution in [1.82, 2.24) is 9.78 Å². The minimum Gasteiger partial charge on any atom is -0.365 e. The summed E-state index contributed by atoms with van der Waals surface area (Å²) in [4.78, 5) is 11.7. The maximum atomic E-state index is 13.1. The van der Waals surface area contributed by atoms with Crippen LogP contribution in [0.1, 0.15) is 48.5 Å². The number of amides is 1. The lowest BCUT2D eigenvalue weighted by Crippen LogP contribution is -2.17. The number of carbonyl (C=O) groups is 1. The van der Waals surface area contributed by atoms with Crippen molar-refractivity contribution in [3.8, 4) is 11.3 Å². The first-order chi connectivity index (χ1) is 10.2. The summed E-state index contributed by atoms with van der Waals surface area (Å²) in [6.07, 6.45) is 7.20. The molecule has 1 aromatic carbocycles. The molecule has 1 aromatic heterocycles. The highest BCUT2D eigenvalue weighted by Crippen LogP contribution is 2.33. The topological polar surface area (TPSA) is 60.9 Å². The quantitative estimate of drug-likeness (QED) is 0.941. The van der Waals surface area contributed by atoms with Crippen molar-refractivity contribution in [1.29, 1.82) is 0 Å². The number of hydrogen-bond acceptors (Lipinski definition) is 2. The molecule has 1 fully saturated rings. The standard InChI is InChI=1S/C16H18FN3O/c17-12-8-6-11(7-9-12)15-14(16(18)21)10-19-20(15)13-4-2-1-3-5-13/h6-10,13H,1-5H2,(H2,18,21). The van der Waals surface area contributed by atoms with Crippen molar-refractivity contribution < 1.29 is 9.18 Å². The van der Waals surface area contributed by atoms with Gasteiger partial charge in [0.15, 0.2) is 0 Å². The predicted molar refractivity (Wildman–Crippen MR) is 78.3 cm³/mol. The van der Waals surface area contributed by atoms with Crippen LogP contribution in [-0.4, -0.2) is 15.7 Å². The van der Waals surface area contributed by atoms with E-state index in [1.807, 2.05) is 4.68 Å². The van der Waals surface area contributed by atoms with Gasteiger partial charge in [0.1, 0.15) is 5.82 Å². The van der Waals surface area contributed by atoms with Gasteiger partial charge in [0.05, 0.1) is 23.5 Å². The molecule has 0 bridgehead atoms. The Labute approximate surface area is 122 Å². The van der Waals surface area contributed by atoms with Crippen LogP contribution in [0, 0.1) is 5.82 Å². The number of hydrogen-bond donors (Lipinski definition) is 1. The number of rotatable bonds is 3. The molecule has 110 valence electrons. The molecule has 1 aliphatic rings. The van der Waals surface area contributed by atoms with Gasteiger partial charge in [-0.2, -0.15) is 5.10 Å². The molecule has 21 heavy (non-hydrogen) atoms. The maximum Gasteiger partial charge on any atom is 0.252 e. The molecule has 0 radical (unpaired) electrons. The van der Waals surface area contributed by atoms with Crippen LogP contribution in [0.2, 0.25) is 0 Å². The van der Waals surface area contributed by atoms with Gasteiger partial charge in [-0.1, -0.05) is 19.3 Å². The Morgan fingerprint density at radius 1 is 1.19 bits per heavy atom. The van der Waals surface area contributed by atoms with Crippen LogP contribution in [-0.2, 0) is 0 Å². The zero-order valence-corrected chi connectivity index (χ0v) is 11.8. The molecule has 4 nitrogen and oxygen atoms in total. The lowest BCUT2D eigenvalue weighted by Gasteiger charge is -2.24. The van der Waals surface area contributed by atoms with Gasteiger partial charge in [0.2, 0.25) is 0 Å². The molecule has 0 saturated heterocycles. The van der Waals surface area contributed by atoms with Gasteiger partial charge >= 0.3 is 0 Å². The highest BCUT2D eigenvalue weighted by atomic mass is 19.1. The third-order valence-corrected chi connectivity index (χ3v) is 4.10. The van der Waals surface area contributed by atoms with E-state index >= 15 is 0 Å². The van der Waals surface area contributed by atoms with E-state index in [9.17, 15) is 9.18 Å². The van der Waals surface area contributed by atoms with Gasteiger partial charge in [-0.15, -0.1) is 0 Å². The minimum absolute atomic E-state index is 0.284. The van der Waals surface area contributed by atoms with Crippen LogP contribution in [0.3, 0.4) is 0 Å². The van der Waals surface area contributed by atoms with E-state index in [0.29, 0.717) is 11.3 Å². The molecule has 1 amide bonds. The minimum atomic E-state index is -0.503. The van der Waals surface area contributed by atoms with Gasteiger partial charge in [-0.05, 0) is 37.1 Å². The number of nitrogens with two attached hydrogens (primary N) is 1. The monoisotopic (exact) mass is 287 g/mol. The number of nitrogens with zero attached hydrogens (tertiary/aromatic N) is 2. The fourth-order valence-corrected chi connectivity index (χ4v) is 3.04. The zero-order valence-electron chi connectivity index (χ0n) is 11.8. The number of carbonyl (C=O) groups excluding carboxylic acids is 1. The Balaban J connectivity index is 2.08. The number of benzene rings is 1. The van der Waals surface area contributed by atoms with Crippen molar-refractivity contribution in [3.63, 3.8) is 0 Å². The smallest absolute Gasteiger partial charge is 0.252 e. The van der Waals surface area contributed by atoms with Gasteiger partial charge in [-0.3, -0.25) is 9.48 Å².